The van der Waals surface area contributed by atoms with E-state index in [1.54, 1.807) is 12.1 Å². The van der Waals surface area contributed by atoms with Crippen molar-refractivity contribution in [1.29, 1.82) is 0 Å². The van der Waals surface area contributed by atoms with Crippen molar-refractivity contribution < 1.29 is 14.6 Å². The fourth-order valence-electron chi connectivity index (χ4n) is 1.09. The SMILES string of the molecule is O=C(O)c1cnc(Oc2ccc(I)cc2)nc1. The number of aromatic carboxylic acids is 1. The molecule has 0 fully saturated rings. The lowest BCUT2D eigenvalue weighted by Gasteiger charge is -2.03. The average Bonchev–Trinajstić information content (AvgIpc) is 2.33. The first kappa shape index (κ1) is 11.8. The van der Waals surface area contributed by atoms with Gasteiger partial charge in [0.25, 0.3) is 0 Å². The first-order chi connectivity index (χ1) is 8.15. The summed E-state index contributed by atoms with van der Waals surface area (Å²) in [6, 6.07) is 7.48. The fourth-order valence-corrected chi connectivity index (χ4v) is 1.45. The quantitative estimate of drug-likeness (QED) is 0.868. The van der Waals surface area contributed by atoms with E-state index in [4.69, 9.17) is 9.84 Å². The number of aromatic nitrogens is 2. The van der Waals surface area contributed by atoms with Gasteiger partial charge in [-0.3, -0.25) is 0 Å². The molecule has 5 nitrogen and oxygen atoms in total. The summed E-state index contributed by atoms with van der Waals surface area (Å²) in [5.41, 5.74) is 0.0277. The van der Waals surface area contributed by atoms with Crippen molar-refractivity contribution in [3.05, 3.63) is 45.8 Å². The second kappa shape index (κ2) is 5.09. The molecule has 0 bridgehead atoms. The van der Waals surface area contributed by atoms with Crippen molar-refractivity contribution in [2.75, 3.05) is 0 Å². The van der Waals surface area contributed by atoms with Crippen LogP contribution in [-0.4, -0.2) is 21.0 Å². The van der Waals surface area contributed by atoms with Gasteiger partial charge in [0.1, 0.15) is 5.75 Å². The summed E-state index contributed by atoms with van der Waals surface area (Å²) in [6.45, 7) is 0. The zero-order valence-electron chi connectivity index (χ0n) is 8.50. The molecule has 0 spiro atoms. The molecule has 0 atom stereocenters. The van der Waals surface area contributed by atoms with Crippen LogP contribution in [0.25, 0.3) is 0 Å². The van der Waals surface area contributed by atoms with E-state index >= 15 is 0 Å². The molecule has 0 aliphatic rings. The van der Waals surface area contributed by atoms with E-state index in [0.717, 1.165) is 3.57 Å². The Hall–Kier alpha value is -1.70. The Bertz CT molecular complexity index is 525. The maximum absolute atomic E-state index is 10.6. The fraction of sp³-hybridized carbons (Fsp3) is 0. The molecule has 0 aliphatic carbocycles. The van der Waals surface area contributed by atoms with Gasteiger partial charge >= 0.3 is 12.0 Å². The largest absolute Gasteiger partial charge is 0.478 e. The molecule has 1 N–H and O–H groups in total. The summed E-state index contributed by atoms with van der Waals surface area (Å²) in [5, 5.41) is 8.67. The summed E-state index contributed by atoms with van der Waals surface area (Å²) in [4.78, 5) is 18.2. The molecule has 0 radical (unpaired) electrons. The van der Waals surface area contributed by atoms with Gasteiger partial charge in [0.15, 0.2) is 0 Å². The lowest BCUT2D eigenvalue weighted by Crippen LogP contribution is -1.99. The summed E-state index contributed by atoms with van der Waals surface area (Å²) >= 11 is 2.19. The highest BCUT2D eigenvalue weighted by molar-refractivity contribution is 14.1. The number of carboxylic acid groups (broad SMARTS) is 1. The van der Waals surface area contributed by atoms with Gasteiger partial charge in [-0.05, 0) is 46.9 Å². The minimum absolute atomic E-state index is 0.0277. The van der Waals surface area contributed by atoms with Crippen LogP contribution >= 0.6 is 22.6 Å². The molecular weight excluding hydrogens is 335 g/mol. The lowest BCUT2D eigenvalue weighted by atomic mass is 10.3. The maximum Gasteiger partial charge on any atom is 0.338 e. The van der Waals surface area contributed by atoms with Gasteiger partial charge in [-0.25, -0.2) is 14.8 Å². The van der Waals surface area contributed by atoms with Gasteiger partial charge in [0, 0.05) is 16.0 Å². The molecule has 0 aliphatic heterocycles. The number of halogens is 1. The van der Waals surface area contributed by atoms with Crippen LogP contribution in [0.1, 0.15) is 10.4 Å². The first-order valence-electron chi connectivity index (χ1n) is 4.64. The van der Waals surface area contributed by atoms with Crippen molar-refractivity contribution in [3.8, 4) is 11.8 Å². The van der Waals surface area contributed by atoms with Gasteiger partial charge < -0.3 is 9.84 Å². The van der Waals surface area contributed by atoms with E-state index in [1.807, 2.05) is 12.1 Å². The van der Waals surface area contributed by atoms with E-state index in [1.165, 1.54) is 12.4 Å². The monoisotopic (exact) mass is 342 g/mol. The van der Waals surface area contributed by atoms with Crippen LogP contribution < -0.4 is 4.74 Å². The van der Waals surface area contributed by atoms with Gasteiger partial charge in [-0.15, -0.1) is 0 Å². The highest BCUT2D eigenvalue weighted by Gasteiger charge is 2.05. The molecule has 2 rings (SSSR count). The second-order valence-corrected chi connectivity index (χ2v) is 4.36. The predicted octanol–water partition coefficient (Wildman–Crippen LogP) is 2.57. The summed E-state index contributed by atoms with van der Waals surface area (Å²) in [5.74, 6) is -0.459. The van der Waals surface area contributed by atoms with Crippen LogP contribution in [0.3, 0.4) is 0 Å². The maximum atomic E-state index is 10.6. The number of ether oxygens (including phenoxy) is 1. The third-order valence-electron chi connectivity index (χ3n) is 1.90. The van der Waals surface area contributed by atoms with Gasteiger partial charge in [0.2, 0.25) is 0 Å². The molecule has 0 unspecified atom stereocenters. The Balaban J connectivity index is 2.13. The van der Waals surface area contributed by atoms with Crippen molar-refractivity contribution in [2.24, 2.45) is 0 Å². The van der Waals surface area contributed by atoms with Crippen molar-refractivity contribution >= 4 is 28.6 Å². The molecule has 0 saturated carbocycles. The molecular formula is C11H7IN2O3. The number of hydrogen-bond acceptors (Lipinski definition) is 4. The van der Waals surface area contributed by atoms with Crippen LogP contribution in [0.4, 0.5) is 0 Å². The minimum atomic E-state index is -1.06. The molecule has 1 aromatic heterocycles. The third kappa shape index (κ3) is 3.13. The van der Waals surface area contributed by atoms with Crippen LogP contribution in [-0.2, 0) is 0 Å². The molecule has 86 valence electrons. The Kier molecular flexibility index (Phi) is 3.52. The molecule has 17 heavy (non-hydrogen) atoms. The summed E-state index contributed by atoms with van der Waals surface area (Å²) < 4.78 is 6.44. The first-order valence-corrected chi connectivity index (χ1v) is 5.72. The van der Waals surface area contributed by atoms with Crippen LogP contribution in [0, 0.1) is 3.57 Å². The van der Waals surface area contributed by atoms with Crippen LogP contribution in [0.5, 0.6) is 11.8 Å². The summed E-state index contributed by atoms with van der Waals surface area (Å²) in [7, 11) is 0. The van der Waals surface area contributed by atoms with Crippen LogP contribution in [0.2, 0.25) is 0 Å². The highest BCUT2D eigenvalue weighted by atomic mass is 127. The topological polar surface area (TPSA) is 72.3 Å². The number of benzene rings is 1. The highest BCUT2D eigenvalue weighted by Crippen LogP contribution is 2.18. The Labute approximate surface area is 111 Å². The van der Waals surface area contributed by atoms with E-state index in [2.05, 4.69) is 32.6 Å². The Morgan fingerprint density at radius 2 is 1.76 bits per heavy atom. The Morgan fingerprint density at radius 3 is 2.29 bits per heavy atom. The normalized spacial score (nSPS) is 9.94. The number of carbonyl (C=O) groups is 1. The standard InChI is InChI=1S/C11H7IN2O3/c12-8-1-3-9(4-2-8)17-11-13-5-7(6-14-11)10(15)16/h1-6H,(H,15,16). The molecule has 2 aromatic rings. The van der Waals surface area contributed by atoms with Crippen molar-refractivity contribution in [1.82, 2.24) is 9.97 Å². The van der Waals surface area contributed by atoms with Gasteiger partial charge in [-0.1, -0.05) is 0 Å². The lowest BCUT2D eigenvalue weighted by molar-refractivity contribution is 0.0696. The minimum Gasteiger partial charge on any atom is -0.478 e. The van der Waals surface area contributed by atoms with E-state index in [0.29, 0.717) is 5.75 Å². The zero-order valence-corrected chi connectivity index (χ0v) is 10.7. The number of nitrogens with zero attached hydrogens (tertiary/aromatic N) is 2. The van der Waals surface area contributed by atoms with Gasteiger partial charge in [-0.2, -0.15) is 0 Å². The Morgan fingerprint density at radius 1 is 1.18 bits per heavy atom. The predicted molar refractivity (Wildman–Crippen MR) is 68.2 cm³/mol. The molecule has 0 saturated heterocycles. The molecule has 1 heterocycles. The average molecular weight is 342 g/mol. The number of carboxylic acids is 1. The molecule has 1 aromatic carbocycles. The summed E-state index contributed by atoms with van der Waals surface area (Å²) in [6.07, 6.45) is 2.41. The van der Waals surface area contributed by atoms with E-state index in [9.17, 15) is 4.79 Å². The molecule has 0 amide bonds. The van der Waals surface area contributed by atoms with E-state index < -0.39 is 5.97 Å². The van der Waals surface area contributed by atoms with E-state index in [-0.39, 0.29) is 11.6 Å². The number of hydrogen-bond donors (Lipinski definition) is 1. The number of rotatable bonds is 3. The second-order valence-electron chi connectivity index (χ2n) is 3.12. The van der Waals surface area contributed by atoms with Crippen molar-refractivity contribution in [3.63, 3.8) is 0 Å². The third-order valence-corrected chi connectivity index (χ3v) is 2.62. The smallest absolute Gasteiger partial charge is 0.338 e. The zero-order chi connectivity index (χ0) is 12.3. The van der Waals surface area contributed by atoms with Gasteiger partial charge in [0.05, 0.1) is 5.56 Å². The molecule has 6 heteroatoms. The van der Waals surface area contributed by atoms with Crippen molar-refractivity contribution in [2.45, 2.75) is 0 Å². The van der Waals surface area contributed by atoms with Crippen LogP contribution in [0.15, 0.2) is 36.7 Å².